The molecule has 4 heteroatoms. The van der Waals surface area contributed by atoms with Crippen LogP contribution in [0.4, 0.5) is 8.78 Å². The smallest absolute Gasteiger partial charge is 0.303 e. The van der Waals surface area contributed by atoms with Crippen molar-refractivity contribution in [2.75, 3.05) is 0 Å². The molecule has 0 saturated carbocycles. The molecule has 0 saturated heterocycles. The van der Waals surface area contributed by atoms with Gasteiger partial charge in [-0.2, -0.15) is 8.78 Å². The quantitative estimate of drug-likeness (QED) is 0.425. The van der Waals surface area contributed by atoms with Crippen molar-refractivity contribution >= 4 is 11.6 Å². The Bertz CT molecular complexity index is 167. The largest absolute Gasteiger partial charge is 0.316 e. The fourth-order valence-electron chi connectivity index (χ4n) is 0.659. The summed E-state index contributed by atoms with van der Waals surface area (Å²) in [6.45, 7) is -2.52. The molecule has 1 nitrogen and oxygen atoms in total. The van der Waals surface area contributed by atoms with Gasteiger partial charge in [0.25, 0.3) is 0 Å². The molecule has 1 rings (SSSR count). The van der Waals surface area contributed by atoms with Gasteiger partial charge in [-0.05, 0) is 12.2 Å². The van der Waals surface area contributed by atoms with Crippen LogP contribution < -0.4 is 0 Å². The summed E-state index contributed by atoms with van der Waals surface area (Å²) >= 11 is 5.49. The molecule has 56 valence electrons. The van der Waals surface area contributed by atoms with E-state index in [1.807, 2.05) is 0 Å². The number of hydrogen-bond donors (Lipinski definition) is 0. The second-order valence-corrected chi connectivity index (χ2v) is 2.27. The van der Waals surface area contributed by atoms with Crippen molar-refractivity contribution in [3.8, 4) is 0 Å². The van der Waals surface area contributed by atoms with Crippen LogP contribution in [0.3, 0.4) is 0 Å². The Morgan fingerprint density at radius 3 is 2.50 bits per heavy atom. The van der Waals surface area contributed by atoms with Crippen molar-refractivity contribution in [2.45, 2.75) is 12.1 Å². The summed E-state index contributed by atoms with van der Waals surface area (Å²) in [5, 5.41) is 0. The van der Waals surface area contributed by atoms with Crippen LogP contribution in [-0.4, -0.2) is 17.0 Å². The predicted octanol–water partition coefficient (Wildman–Crippen LogP) is 2.16. The van der Waals surface area contributed by atoms with E-state index in [0.29, 0.717) is 0 Å². The lowest BCUT2D eigenvalue weighted by Gasteiger charge is -2.23. The van der Waals surface area contributed by atoms with Gasteiger partial charge in [-0.15, -0.1) is 0 Å². The first-order chi connectivity index (χ1) is 4.72. The minimum Gasteiger partial charge on any atom is -0.303 e. The van der Waals surface area contributed by atoms with Crippen LogP contribution in [0.15, 0.2) is 24.4 Å². The van der Waals surface area contributed by atoms with Gasteiger partial charge in [0, 0.05) is 6.20 Å². The maximum Gasteiger partial charge on any atom is 0.316 e. The maximum absolute atomic E-state index is 11.9. The van der Waals surface area contributed by atoms with E-state index in [9.17, 15) is 8.78 Å². The molecule has 10 heavy (non-hydrogen) atoms. The first-order valence-corrected chi connectivity index (χ1v) is 3.20. The highest BCUT2D eigenvalue weighted by atomic mass is 35.5. The Morgan fingerprint density at radius 1 is 1.40 bits per heavy atom. The molecule has 0 bridgehead atoms. The summed E-state index contributed by atoms with van der Waals surface area (Å²) in [6.07, 6.45) is 5.91. The van der Waals surface area contributed by atoms with Gasteiger partial charge in [0.05, 0.1) is 0 Å². The van der Waals surface area contributed by atoms with Crippen LogP contribution in [-0.2, 0) is 0 Å². The van der Waals surface area contributed by atoms with Gasteiger partial charge >= 0.3 is 6.55 Å². The SMILES string of the molecule is FC(F)N1C=CC=CC1Cl. The molecule has 0 amide bonds. The van der Waals surface area contributed by atoms with E-state index >= 15 is 0 Å². The molecule has 0 N–H and O–H groups in total. The van der Waals surface area contributed by atoms with Gasteiger partial charge in [-0.3, -0.25) is 0 Å². The molecule has 1 atom stereocenters. The van der Waals surface area contributed by atoms with Crippen molar-refractivity contribution in [3.05, 3.63) is 24.4 Å². The molecule has 0 fully saturated rings. The molecular weight excluding hydrogens is 160 g/mol. The van der Waals surface area contributed by atoms with Crippen LogP contribution >= 0.6 is 11.6 Å². The van der Waals surface area contributed by atoms with Crippen molar-refractivity contribution in [2.24, 2.45) is 0 Å². The second-order valence-electron chi connectivity index (χ2n) is 1.82. The van der Waals surface area contributed by atoms with Gasteiger partial charge in [0.15, 0.2) is 0 Å². The molecule has 0 aliphatic carbocycles. The van der Waals surface area contributed by atoms with Crippen molar-refractivity contribution in [1.29, 1.82) is 0 Å². The number of nitrogens with zero attached hydrogens (tertiary/aromatic N) is 1. The minimum atomic E-state index is -2.52. The summed E-state index contributed by atoms with van der Waals surface area (Å²) in [5.41, 5.74) is -0.718. The minimum absolute atomic E-state index is 0.718. The van der Waals surface area contributed by atoms with E-state index in [2.05, 4.69) is 0 Å². The molecule has 0 aromatic heterocycles. The van der Waals surface area contributed by atoms with E-state index in [-0.39, 0.29) is 0 Å². The zero-order valence-electron chi connectivity index (χ0n) is 5.05. The molecule has 0 aromatic carbocycles. The van der Waals surface area contributed by atoms with Crippen molar-refractivity contribution in [1.82, 2.24) is 4.90 Å². The van der Waals surface area contributed by atoms with E-state index in [1.165, 1.54) is 18.4 Å². The Hall–Kier alpha value is -0.570. The zero-order chi connectivity index (χ0) is 7.56. The fraction of sp³-hybridized carbons (Fsp3) is 0.333. The zero-order valence-corrected chi connectivity index (χ0v) is 5.80. The third kappa shape index (κ3) is 1.48. The normalized spacial score (nSPS) is 24.4. The average Bonchev–Trinajstić information content (AvgIpc) is 1.88. The lowest BCUT2D eigenvalue weighted by molar-refractivity contribution is 0.00482. The number of halogens is 3. The van der Waals surface area contributed by atoms with Crippen LogP contribution in [0.25, 0.3) is 0 Å². The lowest BCUT2D eigenvalue weighted by Crippen LogP contribution is -2.30. The standard InChI is InChI=1S/C6H6ClF2N/c7-5-3-1-2-4-10(5)6(8)9/h1-6H. The molecule has 0 aromatic rings. The molecule has 0 radical (unpaired) electrons. The third-order valence-corrected chi connectivity index (χ3v) is 1.52. The Labute approximate surface area is 62.6 Å². The summed E-state index contributed by atoms with van der Waals surface area (Å²) in [7, 11) is 0. The number of alkyl halides is 3. The monoisotopic (exact) mass is 165 g/mol. The average molecular weight is 166 g/mol. The van der Waals surface area contributed by atoms with E-state index < -0.39 is 12.1 Å². The Kier molecular flexibility index (Phi) is 2.27. The number of allylic oxidation sites excluding steroid dienone is 2. The molecule has 0 spiro atoms. The van der Waals surface area contributed by atoms with Gasteiger partial charge < -0.3 is 4.90 Å². The highest BCUT2D eigenvalue weighted by molar-refractivity contribution is 6.21. The molecule has 1 heterocycles. The predicted molar refractivity (Wildman–Crippen MR) is 35.8 cm³/mol. The van der Waals surface area contributed by atoms with Crippen LogP contribution in [0, 0.1) is 0 Å². The molecule has 1 aliphatic rings. The summed E-state index contributed by atoms with van der Waals surface area (Å²) < 4.78 is 23.9. The topological polar surface area (TPSA) is 3.24 Å². The lowest BCUT2D eigenvalue weighted by atomic mass is 10.4. The van der Waals surface area contributed by atoms with Gasteiger partial charge in [-0.1, -0.05) is 17.7 Å². The first kappa shape index (κ1) is 7.54. The van der Waals surface area contributed by atoms with Crippen LogP contribution in [0.1, 0.15) is 0 Å². The Morgan fingerprint density at radius 2 is 2.10 bits per heavy atom. The van der Waals surface area contributed by atoms with Gasteiger partial charge in [0.2, 0.25) is 0 Å². The van der Waals surface area contributed by atoms with E-state index in [1.54, 1.807) is 6.08 Å². The molecular formula is C6H6ClF2N. The van der Waals surface area contributed by atoms with E-state index in [0.717, 1.165) is 4.90 Å². The highest BCUT2D eigenvalue weighted by Gasteiger charge is 2.19. The molecule has 1 unspecified atom stereocenters. The fourth-order valence-corrected chi connectivity index (χ4v) is 0.893. The summed E-state index contributed by atoms with van der Waals surface area (Å²) in [5.74, 6) is 0. The van der Waals surface area contributed by atoms with Gasteiger partial charge in [-0.25, -0.2) is 0 Å². The summed E-state index contributed by atoms with van der Waals surface area (Å²) in [4.78, 5) is 0.765. The van der Waals surface area contributed by atoms with E-state index in [4.69, 9.17) is 11.6 Å². The van der Waals surface area contributed by atoms with Crippen molar-refractivity contribution < 1.29 is 8.78 Å². The first-order valence-electron chi connectivity index (χ1n) is 2.76. The third-order valence-electron chi connectivity index (χ3n) is 1.15. The van der Waals surface area contributed by atoms with Gasteiger partial charge in [0.1, 0.15) is 5.50 Å². The van der Waals surface area contributed by atoms with Crippen LogP contribution in [0.2, 0.25) is 0 Å². The van der Waals surface area contributed by atoms with Crippen molar-refractivity contribution in [3.63, 3.8) is 0 Å². The molecule has 1 aliphatic heterocycles. The second kappa shape index (κ2) is 3.01. The summed E-state index contributed by atoms with van der Waals surface area (Å²) in [6, 6.07) is 0. The highest BCUT2D eigenvalue weighted by Crippen LogP contribution is 2.16. The van der Waals surface area contributed by atoms with Crippen LogP contribution in [0.5, 0.6) is 0 Å². The number of hydrogen-bond acceptors (Lipinski definition) is 1. The number of rotatable bonds is 1. The maximum atomic E-state index is 11.9. The Balaban J connectivity index is 2.61.